The monoisotopic (exact) mass is 416 g/mol. The van der Waals surface area contributed by atoms with Crippen molar-refractivity contribution in [3.8, 4) is 0 Å². The third-order valence-corrected chi connectivity index (χ3v) is 9.07. The predicted molar refractivity (Wildman–Crippen MR) is 117 cm³/mol. The summed E-state index contributed by atoms with van der Waals surface area (Å²) in [6, 6.07) is 17.0. The fourth-order valence-electron chi connectivity index (χ4n) is 3.67. The normalized spacial score (nSPS) is 12.9. The Morgan fingerprint density at radius 3 is 1.48 bits per heavy atom. The van der Waals surface area contributed by atoms with Crippen molar-refractivity contribution in [1.29, 1.82) is 0 Å². The molecule has 0 aromatic heterocycles. The fourth-order valence-corrected chi connectivity index (χ4v) is 5.75. The molecule has 3 heteroatoms. The third kappa shape index (κ3) is 5.67. The van der Waals surface area contributed by atoms with Crippen LogP contribution in [-0.4, -0.2) is 8.07 Å². The first kappa shape index (κ1) is 24.9. The first-order valence-electron chi connectivity index (χ1n) is 8.95. The minimum absolute atomic E-state index is 0. The van der Waals surface area contributed by atoms with Crippen LogP contribution in [0, 0.1) is 10.8 Å². The summed E-state index contributed by atoms with van der Waals surface area (Å²) < 4.78 is 0. The Labute approximate surface area is 170 Å². The van der Waals surface area contributed by atoms with Gasteiger partial charge in [-0.25, -0.2) is 12.1 Å². The van der Waals surface area contributed by atoms with Gasteiger partial charge in [0, 0.05) is 17.1 Å². The molecule has 25 heavy (non-hydrogen) atoms. The fraction of sp³-hybridized carbons (Fsp3) is 0.545. The van der Waals surface area contributed by atoms with Crippen molar-refractivity contribution in [2.45, 2.75) is 66.3 Å². The summed E-state index contributed by atoms with van der Waals surface area (Å²) in [5.41, 5.74) is 1.97. The Hall–Kier alpha value is -0.134. The van der Waals surface area contributed by atoms with Gasteiger partial charge in [0.2, 0.25) is 0 Å². The number of hydrogen-bond acceptors (Lipinski definition) is 0. The zero-order valence-electron chi connectivity index (χ0n) is 17.5. The Morgan fingerprint density at radius 1 is 0.840 bits per heavy atom. The molecule has 2 aromatic rings. The molecular formula is C22H37FePSi-6. The molecule has 0 N–H and O–H groups in total. The van der Waals surface area contributed by atoms with Gasteiger partial charge in [-0.15, -0.1) is 14.8 Å². The molecule has 0 nitrogen and oxygen atoms in total. The molecule has 2 rings (SSSR count). The molecule has 0 saturated carbocycles. The molecule has 0 fully saturated rings. The van der Waals surface area contributed by atoms with E-state index in [1.165, 1.54) is 0 Å². The SMILES string of the molecule is CC(C)(C)C(P)([c-]1cccc1[Si](C)(C)C)C(C)(C)C.[Fe].[cH-]1[cH-][cH-][cH-][cH-]1. The standard InChI is InChI=1S/C17H32PSi.C5H5.Fe/c1-15(2,3)17(18,16(4,5)6)13-11-10-12-14(13)19(7,8)9;1-2-4-5-3-1;/h10-12H,18H2,1-9H3;1-5H;/q-1;-5;. The molecule has 0 radical (unpaired) electrons. The molecule has 0 aliphatic rings. The van der Waals surface area contributed by atoms with Crippen molar-refractivity contribution in [3.05, 3.63) is 54.1 Å². The molecule has 0 aliphatic carbocycles. The van der Waals surface area contributed by atoms with Crippen LogP contribution in [0.15, 0.2) is 48.5 Å². The van der Waals surface area contributed by atoms with Crippen molar-refractivity contribution < 1.29 is 17.1 Å². The largest absolute Gasteiger partial charge is 0.748 e. The van der Waals surface area contributed by atoms with Crippen molar-refractivity contribution in [3.63, 3.8) is 0 Å². The van der Waals surface area contributed by atoms with Crippen molar-refractivity contribution >= 4 is 22.5 Å². The average molecular weight is 416 g/mol. The summed E-state index contributed by atoms with van der Waals surface area (Å²) in [4.78, 5) is 0. The Kier molecular flexibility index (Phi) is 8.66. The molecule has 2 aromatic carbocycles. The molecular weight excluding hydrogens is 379 g/mol. The van der Waals surface area contributed by atoms with Gasteiger partial charge in [-0.3, -0.25) is 0 Å². The van der Waals surface area contributed by atoms with Gasteiger partial charge in [-0.05, 0) is 16.0 Å². The Balaban J connectivity index is 0.000000820. The van der Waals surface area contributed by atoms with E-state index in [0.29, 0.717) is 0 Å². The Morgan fingerprint density at radius 2 is 1.20 bits per heavy atom. The van der Waals surface area contributed by atoms with Crippen LogP contribution in [-0.2, 0) is 22.2 Å². The second-order valence-electron chi connectivity index (χ2n) is 9.87. The van der Waals surface area contributed by atoms with E-state index < -0.39 is 8.07 Å². The van der Waals surface area contributed by atoms with Gasteiger partial charge < -0.3 is 30.3 Å². The molecule has 1 unspecified atom stereocenters. The molecule has 0 amide bonds. The van der Waals surface area contributed by atoms with E-state index in [-0.39, 0.29) is 33.1 Å². The van der Waals surface area contributed by atoms with E-state index in [0.717, 1.165) is 0 Å². The van der Waals surface area contributed by atoms with E-state index in [1.807, 2.05) is 30.3 Å². The maximum absolute atomic E-state index is 3.23. The van der Waals surface area contributed by atoms with Crippen molar-refractivity contribution in [2.24, 2.45) is 10.8 Å². The quantitative estimate of drug-likeness (QED) is 0.297. The van der Waals surface area contributed by atoms with Crippen LogP contribution >= 0.6 is 9.24 Å². The molecule has 148 valence electrons. The van der Waals surface area contributed by atoms with Crippen LogP contribution in [0.1, 0.15) is 47.1 Å². The molecule has 1 atom stereocenters. The Bertz CT molecular complexity index is 573. The van der Waals surface area contributed by atoms with Gasteiger partial charge in [0.05, 0.1) is 8.07 Å². The molecule has 0 bridgehead atoms. The van der Waals surface area contributed by atoms with E-state index in [2.05, 4.69) is 88.6 Å². The van der Waals surface area contributed by atoms with E-state index in [1.54, 1.807) is 10.8 Å². The number of hydrogen-bond donors (Lipinski definition) is 0. The maximum Gasteiger partial charge on any atom is 0.0507 e. The topological polar surface area (TPSA) is 0 Å². The van der Waals surface area contributed by atoms with Gasteiger partial charge in [-0.2, -0.15) is 11.3 Å². The van der Waals surface area contributed by atoms with Crippen molar-refractivity contribution in [2.75, 3.05) is 0 Å². The zero-order valence-corrected chi connectivity index (χ0v) is 20.8. The second-order valence-corrected chi connectivity index (χ2v) is 15.8. The zero-order chi connectivity index (χ0) is 18.8. The van der Waals surface area contributed by atoms with Gasteiger partial charge in [0.25, 0.3) is 0 Å². The average Bonchev–Trinajstić information content (AvgIpc) is 3.08. The van der Waals surface area contributed by atoms with Crippen LogP contribution in [0.25, 0.3) is 0 Å². The van der Waals surface area contributed by atoms with Gasteiger partial charge >= 0.3 is 0 Å². The van der Waals surface area contributed by atoms with Crippen LogP contribution in [0.4, 0.5) is 0 Å². The number of rotatable bonds is 2. The van der Waals surface area contributed by atoms with Crippen LogP contribution in [0.5, 0.6) is 0 Å². The molecule has 0 aliphatic heterocycles. The molecule has 0 spiro atoms. The van der Waals surface area contributed by atoms with Gasteiger partial charge in [-0.1, -0.05) is 61.2 Å². The molecule has 0 saturated heterocycles. The van der Waals surface area contributed by atoms with Crippen LogP contribution in [0.3, 0.4) is 0 Å². The first-order chi connectivity index (χ1) is 10.7. The van der Waals surface area contributed by atoms with E-state index in [4.69, 9.17) is 0 Å². The second kappa shape index (κ2) is 8.70. The summed E-state index contributed by atoms with van der Waals surface area (Å²) in [5.74, 6) is 0. The summed E-state index contributed by atoms with van der Waals surface area (Å²) in [6.07, 6.45) is 0. The molecule has 0 heterocycles. The summed E-state index contributed by atoms with van der Waals surface area (Å²) >= 11 is 0. The van der Waals surface area contributed by atoms with Crippen LogP contribution in [0.2, 0.25) is 19.6 Å². The summed E-state index contributed by atoms with van der Waals surface area (Å²) in [7, 11) is 1.92. The van der Waals surface area contributed by atoms with E-state index >= 15 is 0 Å². The van der Waals surface area contributed by atoms with Gasteiger partial charge in [0.1, 0.15) is 0 Å². The van der Waals surface area contributed by atoms with E-state index in [9.17, 15) is 0 Å². The minimum atomic E-state index is -1.31. The first-order valence-corrected chi connectivity index (χ1v) is 13.0. The van der Waals surface area contributed by atoms with Crippen molar-refractivity contribution in [1.82, 2.24) is 0 Å². The van der Waals surface area contributed by atoms with Gasteiger partial charge in [0.15, 0.2) is 0 Å². The predicted octanol–water partition coefficient (Wildman–Crippen LogP) is 6.52. The minimum Gasteiger partial charge on any atom is -0.748 e. The smallest absolute Gasteiger partial charge is 0.0507 e. The summed E-state index contributed by atoms with van der Waals surface area (Å²) in [6.45, 7) is 21.5. The summed E-state index contributed by atoms with van der Waals surface area (Å²) in [5, 5.41) is 1.71. The van der Waals surface area contributed by atoms with Crippen LogP contribution < -0.4 is 5.19 Å². The third-order valence-electron chi connectivity index (χ3n) is 4.97. The maximum atomic E-state index is 3.23.